The highest BCUT2D eigenvalue weighted by atomic mass is 16.4. The molecule has 0 spiro atoms. The Labute approximate surface area is 107 Å². The number of carbonyl (C=O) groups is 2. The van der Waals surface area contributed by atoms with Crippen molar-refractivity contribution in [1.29, 1.82) is 0 Å². The number of carboxylic acids is 2. The predicted octanol–water partition coefficient (Wildman–Crippen LogP) is -4.65. The van der Waals surface area contributed by atoms with Gasteiger partial charge in [-0.1, -0.05) is 0 Å². The quantitative estimate of drug-likeness (QED) is 0.340. The molecule has 0 aliphatic carbocycles. The van der Waals surface area contributed by atoms with Gasteiger partial charge in [0.1, 0.15) is 0 Å². The Morgan fingerprint density at radius 3 is 2.06 bits per heavy atom. The van der Waals surface area contributed by atoms with E-state index < -0.39 is 24.5 Å². The van der Waals surface area contributed by atoms with E-state index in [1.54, 1.807) is 0 Å². The topological polar surface area (TPSA) is 156 Å². The molecule has 0 fully saturated rings. The summed E-state index contributed by atoms with van der Waals surface area (Å²) in [6, 6.07) is -0.559. The van der Waals surface area contributed by atoms with Gasteiger partial charge in [-0.3, -0.25) is 0 Å². The normalized spacial score (nSPS) is 13.1. The van der Waals surface area contributed by atoms with Crippen LogP contribution in [0.2, 0.25) is 0 Å². The number of hydrogen-bond donors (Lipinski definition) is 4. The van der Waals surface area contributed by atoms with E-state index in [1.807, 2.05) is 6.92 Å². The number of nitrogens with one attached hydrogen (secondary N) is 2. The number of carboxylic acid groups (broad SMARTS) is 2. The van der Waals surface area contributed by atoms with Crippen molar-refractivity contribution in [2.75, 3.05) is 26.2 Å². The SMILES string of the molecule is C[C@@H](NCC(=O)[O-])C(=O)[O-].C[C@H](CN)NCCN. The molecule has 0 unspecified atom stereocenters. The van der Waals surface area contributed by atoms with Crippen molar-refractivity contribution in [2.24, 2.45) is 11.5 Å². The lowest BCUT2D eigenvalue weighted by Crippen LogP contribution is -2.47. The van der Waals surface area contributed by atoms with Gasteiger partial charge in [-0.25, -0.2) is 0 Å². The summed E-state index contributed by atoms with van der Waals surface area (Å²) in [5.74, 6) is -2.67. The maximum atomic E-state index is 9.92. The van der Waals surface area contributed by atoms with Gasteiger partial charge in [0.2, 0.25) is 0 Å². The largest absolute Gasteiger partial charge is 0.549 e. The van der Waals surface area contributed by atoms with Crippen molar-refractivity contribution >= 4 is 11.9 Å². The standard InChI is InChI=1S/C5H15N3.C5H9NO4/c1-5(4-7)8-3-2-6;1-3(5(9)10)6-2-4(7)8/h5,8H,2-4,6-7H2,1H3;3,6H,2H2,1H3,(H,7,8)(H,9,10)/p-2/t5-;3-/m11/s1. The van der Waals surface area contributed by atoms with Crippen molar-refractivity contribution in [1.82, 2.24) is 10.6 Å². The van der Waals surface area contributed by atoms with Gasteiger partial charge in [0.05, 0.1) is 11.9 Å². The molecular formula is C10H22N4O4-2. The molecule has 0 saturated carbocycles. The van der Waals surface area contributed by atoms with Crippen LogP contribution >= 0.6 is 0 Å². The smallest absolute Gasteiger partial charge is 0.0581 e. The van der Waals surface area contributed by atoms with Gasteiger partial charge in [-0.15, -0.1) is 0 Å². The van der Waals surface area contributed by atoms with Crippen LogP contribution in [-0.2, 0) is 9.59 Å². The van der Waals surface area contributed by atoms with E-state index in [0.717, 1.165) is 6.54 Å². The lowest BCUT2D eigenvalue weighted by atomic mass is 10.3. The first kappa shape index (κ1) is 19.1. The monoisotopic (exact) mass is 262 g/mol. The molecule has 2 atom stereocenters. The molecule has 0 aliphatic heterocycles. The fourth-order valence-corrected chi connectivity index (χ4v) is 0.733. The highest BCUT2D eigenvalue weighted by Gasteiger charge is 1.99. The van der Waals surface area contributed by atoms with E-state index in [-0.39, 0.29) is 0 Å². The third-order valence-corrected chi connectivity index (χ3v) is 1.90. The number of hydrogen-bond acceptors (Lipinski definition) is 8. The van der Waals surface area contributed by atoms with E-state index in [2.05, 4.69) is 10.6 Å². The Hall–Kier alpha value is -1.22. The zero-order chi connectivity index (χ0) is 14.6. The van der Waals surface area contributed by atoms with Crippen molar-refractivity contribution in [3.63, 3.8) is 0 Å². The molecule has 0 aromatic rings. The summed E-state index contributed by atoms with van der Waals surface area (Å²) in [5.41, 5.74) is 10.5. The second-order valence-electron chi connectivity index (χ2n) is 3.67. The van der Waals surface area contributed by atoms with Crippen LogP contribution in [0.4, 0.5) is 0 Å². The molecule has 8 nitrogen and oxygen atoms in total. The predicted molar refractivity (Wildman–Crippen MR) is 63.1 cm³/mol. The van der Waals surface area contributed by atoms with Gasteiger partial charge in [0.15, 0.2) is 0 Å². The van der Waals surface area contributed by atoms with Crippen LogP contribution in [-0.4, -0.2) is 50.2 Å². The van der Waals surface area contributed by atoms with E-state index in [4.69, 9.17) is 11.5 Å². The third kappa shape index (κ3) is 14.8. The second-order valence-corrected chi connectivity index (χ2v) is 3.67. The highest BCUT2D eigenvalue weighted by molar-refractivity contribution is 5.72. The molecular weight excluding hydrogens is 240 g/mol. The average Bonchev–Trinajstić information content (AvgIpc) is 2.33. The van der Waals surface area contributed by atoms with Gasteiger partial charge < -0.3 is 41.9 Å². The Kier molecular flexibility index (Phi) is 13.0. The molecule has 8 heteroatoms. The molecule has 0 saturated heterocycles. The summed E-state index contributed by atoms with van der Waals surface area (Å²) < 4.78 is 0. The molecule has 0 radical (unpaired) electrons. The van der Waals surface area contributed by atoms with Crippen LogP contribution in [0, 0.1) is 0 Å². The summed E-state index contributed by atoms with van der Waals surface area (Å²) in [4.78, 5) is 19.7. The Balaban J connectivity index is 0. The minimum atomic E-state index is -1.34. The summed E-state index contributed by atoms with van der Waals surface area (Å²) in [7, 11) is 0. The molecule has 0 aromatic carbocycles. The minimum absolute atomic E-state index is 0.401. The van der Waals surface area contributed by atoms with E-state index in [9.17, 15) is 19.8 Å². The molecule has 0 amide bonds. The maximum Gasteiger partial charge on any atom is 0.0581 e. The van der Waals surface area contributed by atoms with Crippen LogP contribution in [0.25, 0.3) is 0 Å². The van der Waals surface area contributed by atoms with Crippen molar-refractivity contribution in [3.05, 3.63) is 0 Å². The minimum Gasteiger partial charge on any atom is -0.549 e. The van der Waals surface area contributed by atoms with E-state index in [0.29, 0.717) is 19.1 Å². The fraction of sp³-hybridized carbons (Fsp3) is 0.800. The summed E-state index contributed by atoms with van der Waals surface area (Å²) in [6.45, 7) is 5.08. The highest BCUT2D eigenvalue weighted by Crippen LogP contribution is 1.74. The van der Waals surface area contributed by atoms with Crippen LogP contribution in [0.3, 0.4) is 0 Å². The fourth-order valence-electron chi connectivity index (χ4n) is 0.733. The van der Waals surface area contributed by atoms with Gasteiger partial charge >= 0.3 is 0 Å². The van der Waals surface area contributed by atoms with Crippen molar-refractivity contribution in [2.45, 2.75) is 25.9 Å². The second kappa shape index (κ2) is 12.2. The first-order valence-electron chi connectivity index (χ1n) is 5.62. The van der Waals surface area contributed by atoms with Crippen LogP contribution < -0.4 is 32.3 Å². The molecule has 0 aromatic heterocycles. The number of aliphatic carboxylic acids is 2. The number of nitrogens with two attached hydrogens (primary N) is 2. The van der Waals surface area contributed by atoms with Gasteiger partial charge in [0.25, 0.3) is 0 Å². The Morgan fingerprint density at radius 1 is 1.17 bits per heavy atom. The van der Waals surface area contributed by atoms with Crippen LogP contribution in [0.15, 0.2) is 0 Å². The van der Waals surface area contributed by atoms with Crippen LogP contribution in [0.1, 0.15) is 13.8 Å². The van der Waals surface area contributed by atoms with Gasteiger partial charge in [-0.05, 0) is 13.8 Å². The van der Waals surface area contributed by atoms with E-state index in [1.165, 1.54) is 6.92 Å². The third-order valence-electron chi connectivity index (χ3n) is 1.90. The molecule has 0 rings (SSSR count). The Morgan fingerprint density at radius 2 is 1.72 bits per heavy atom. The zero-order valence-electron chi connectivity index (χ0n) is 10.8. The van der Waals surface area contributed by atoms with Crippen molar-refractivity contribution < 1.29 is 19.8 Å². The number of rotatable bonds is 8. The first-order valence-corrected chi connectivity index (χ1v) is 5.62. The first-order chi connectivity index (χ1) is 8.34. The van der Waals surface area contributed by atoms with E-state index >= 15 is 0 Å². The number of carbonyl (C=O) groups excluding carboxylic acids is 2. The van der Waals surface area contributed by atoms with Crippen LogP contribution in [0.5, 0.6) is 0 Å². The Bertz CT molecular complexity index is 238. The lowest BCUT2D eigenvalue weighted by Gasteiger charge is -2.14. The molecule has 0 bridgehead atoms. The molecule has 6 N–H and O–H groups in total. The average molecular weight is 262 g/mol. The lowest BCUT2D eigenvalue weighted by molar-refractivity contribution is -0.309. The van der Waals surface area contributed by atoms with Gasteiger partial charge in [0, 0.05) is 38.3 Å². The summed E-state index contributed by atoms with van der Waals surface area (Å²) in [5, 5.41) is 25.0. The molecule has 108 valence electrons. The zero-order valence-corrected chi connectivity index (χ0v) is 10.8. The summed E-state index contributed by atoms with van der Waals surface area (Å²) in [6.07, 6.45) is 0. The van der Waals surface area contributed by atoms with Crippen molar-refractivity contribution in [3.8, 4) is 0 Å². The molecule has 18 heavy (non-hydrogen) atoms. The molecule has 0 aliphatic rings. The van der Waals surface area contributed by atoms with Gasteiger partial charge in [-0.2, -0.15) is 0 Å². The summed E-state index contributed by atoms with van der Waals surface area (Å²) >= 11 is 0. The molecule has 0 heterocycles. The maximum absolute atomic E-state index is 9.92.